The fourth-order valence-electron chi connectivity index (χ4n) is 1.28. The van der Waals surface area contributed by atoms with Crippen LogP contribution in [0.5, 0.6) is 0 Å². The standard InChI is InChI=1S/C10H13N3O/c1-2-7(11)10-12-6-8(13-10)9-4-3-5-14-9/h3-7H,2,11H2,1H3,(H,12,13). The Bertz CT molecular complexity index is 391. The van der Waals surface area contributed by atoms with Gasteiger partial charge in [0.2, 0.25) is 0 Å². The zero-order valence-electron chi connectivity index (χ0n) is 8.03. The van der Waals surface area contributed by atoms with Crippen molar-refractivity contribution in [3.63, 3.8) is 0 Å². The van der Waals surface area contributed by atoms with Gasteiger partial charge in [-0.3, -0.25) is 0 Å². The molecule has 74 valence electrons. The Hall–Kier alpha value is -1.55. The molecule has 0 saturated heterocycles. The first-order chi connectivity index (χ1) is 6.81. The molecule has 0 saturated carbocycles. The van der Waals surface area contributed by atoms with Gasteiger partial charge in [0, 0.05) is 0 Å². The molecule has 1 atom stereocenters. The Labute approximate surface area is 82.1 Å². The average Bonchev–Trinajstić information content (AvgIpc) is 2.86. The van der Waals surface area contributed by atoms with Gasteiger partial charge in [-0.25, -0.2) is 4.98 Å². The van der Waals surface area contributed by atoms with E-state index < -0.39 is 0 Å². The monoisotopic (exact) mass is 191 g/mol. The van der Waals surface area contributed by atoms with Gasteiger partial charge < -0.3 is 15.1 Å². The minimum absolute atomic E-state index is 0.0290. The van der Waals surface area contributed by atoms with Gasteiger partial charge in [-0.2, -0.15) is 0 Å². The summed E-state index contributed by atoms with van der Waals surface area (Å²) >= 11 is 0. The van der Waals surface area contributed by atoms with Crippen molar-refractivity contribution in [2.45, 2.75) is 19.4 Å². The molecule has 2 aromatic rings. The van der Waals surface area contributed by atoms with Crippen LogP contribution in [-0.4, -0.2) is 9.97 Å². The highest BCUT2D eigenvalue weighted by Crippen LogP contribution is 2.19. The summed E-state index contributed by atoms with van der Waals surface area (Å²) in [5.41, 5.74) is 6.71. The third-order valence-electron chi connectivity index (χ3n) is 2.17. The van der Waals surface area contributed by atoms with Gasteiger partial charge in [0.25, 0.3) is 0 Å². The molecule has 0 spiro atoms. The van der Waals surface area contributed by atoms with Crippen molar-refractivity contribution in [1.29, 1.82) is 0 Å². The fraction of sp³-hybridized carbons (Fsp3) is 0.300. The number of furan rings is 1. The second-order valence-corrected chi connectivity index (χ2v) is 3.17. The summed E-state index contributed by atoms with van der Waals surface area (Å²) in [5, 5.41) is 0. The van der Waals surface area contributed by atoms with Crippen molar-refractivity contribution in [2.75, 3.05) is 0 Å². The second-order valence-electron chi connectivity index (χ2n) is 3.17. The lowest BCUT2D eigenvalue weighted by Crippen LogP contribution is -2.10. The van der Waals surface area contributed by atoms with Crippen LogP contribution >= 0.6 is 0 Å². The van der Waals surface area contributed by atoms with Crippen LogP contribution in [0, 0.1) is 0 Å². The highest BCUT2D eigenvalue weighted by Gasteiger charge is 2.09. The molecular formula is C10H13N3O. The van der Waals surface area contributed by atoms with E-state index in [1.54, 1.807) is 12.5 Å². The maximum atomic E-state index is 5.84. The molecule has 2 aromatic heterocycles. The van der Waals surface area contributed by atoms with Crippen LogP contribution in [0.25, 0.3) is 11.5 Å². The molecule has 0 bridgehead atoms. The van der Waals surface area contributed by atoms with Crippen LogP contribution in [-0.2, 0) is 0 Å². The molecule has 0 aromatic carbocycles. The number of rotatable bonds is 3. The number of nitrogens with two attached hydrogens (primary N) is 1. The maximum absolute atomic E-state index is 5.84. The van der Waals surface area contributed by atoms with Crippen molar-refractivity contribution in [1.82, 2.24) is 9.97 Å². The van der Waals surface area contributed by atoms with E-state index in [2.05, 4.69) is 9.97 Å². The van der Waals surface area contributed by atoms with Crippen LogP contribution in [0.4, 0.5) is 0 Å². The normalized spacial score (nSPS) is 13.0. The lowest BCUT2D eigenvalue weighted by Gasteiger charge is -2.02. The Balaban J connectivity index is 2.26. The summed E-state index contributed by atoms with van der Waals surface area (Å²) < 4.78 is 5.23. The topological polar surface area (TPSA) is 67.8 Å². The van der Waals surface area contributed by atoms with E-state index in [0.717, 1.165) is 23.7 Å². The third kappa shape index (κ3) is 1.56. The summed E-state index contributed by atoms with van der Waals surface area (Å²) in [6.07, 6.45) is 4.24. The van der Waals surface area contributed by atoms with Crippen molar-refractivity contribution >= 4 is 0 Å². The first kappa shape index (κ1) is 9.02. The van der Waals surface area contributed by atoms with Crippen LogP contribution < -0.4 is 5.73 Å². The summed E-state index contributed by atoms with van der Waals surface area (Å²) in [5.74, 6) is 1.59. The Kier molecular flexibility index (Phi) is 2.37. The molecule has 0 aliphatic rings. The van der Waals surface area contributed by atoms with Crippen LogP contribution in [0.3, 0.4) is 0 Å². The van der Waals surface area contributed by atoms with E-state index in [1.807, 2.05) is 19.1 Å². The zero-order valence-corrected chi connectivity index (χ0v) is 8.03. The van der Waals surface area contributed by atoms with Crippen molar-refractivity contribution in [3.05, 3.63) is 30.4 Å². The molecule has 2 rings (SSSR count). The Morgan fingerprint density at radius 1 is 1.64 bits per heavy atom. The number of nitrogens with zero attached hydrogens (tertiary/aromatic N) is 1. The second kappa shape index (κ2) is 3.67. The van der Waals surface area contributed by atoms with Crippen molar-refractivity contribution in [3.8, 4) is 11.5 Å². The third-order valence-corrected chi connectivity index (χ3v) is 2.17. The number of aromatic nitrogens is 2. The summed E-state index contributed by atoms with van der Waals surface area (Å²) in [6.45, 7) is 2.03. The Morgan fingerprint density at radius 2 is 2.50 bits per heavy atom. The highest BCUT2D eigenvalue weighted by molar-refractivity contribution is 5.50. The van der Waals surface area contributed by atoms with E-state index in [0.29, 0.717) is 0 Å². The van der Waals surface area contributed by atoms with Crippen molar-refractivity contribution in [2.24, 2.45) is 5.73 Å². The smallest absolute Gasteiger partial charge is 0.151 e. The van der Waals surface area contributed by atoms with Gasteiger partial charge in [0.05, 0.1) is 18.5 Å². The molecule has 4 heteroatoms. The minimum Gasteiger partial charge on any atom is -0.463 e. The summed E-state index contributed by atoms with van der Waals surface area (Å²) in [7, 11) is 0. The predicted octanol–water partition coefficient (Wildman–Crippen LogP) is 2.08. The number of nitrogens with one attached hydrogen (secondary N) is 1. The number of hydrogen-bond acceptors (Lipinski definition) is 3. The molecular weight excluding hydrogens is 178 g/mol. The largest absolute Gasteiger partial charge is 0.463 e. The predicted molar refractivity (Wildman–Crippen MR) is 53.5 cm³/mol. The molecule has 0 radical (unpaired) electrons. The van der Waals surface area contributed by atoms with E-state index in [9.17, 15) is 0 Å². The molecule has 4 nitrogen and oxygen atoms in total. The number of imidazole rings is 1. The molecule has 14 heavy (non-hydrogen) atoms. The van der Waals surface area contributed by atoms with Gasteiger partial charge in [-0.1, -0.05) is 6.92 Å². The quantitative estimate of drug-likeness (QED) is 0.780. The van der Waals surface area contributed by atoms with Crippen LogP contribution in [0.15, 0.2) is 29.0 Å². The van der Waals surface area contributed by atoms with Crippen LogP contribution in [0.2, 0.25) is 0 Å². The molecule has 1 unspecified atom stereocenters. The zero-order chi connectivity index (χ0) is 9.97. The first-order valence-corrected chi connectivity index (χ1v) is 4.65. The Morgan fingerprint density at radius 3 is 3.14 bits per heavy atom. The van der Waals surface area contributed by atoms with Gasteiger partial charge in [0.1, 0.15) is 11.5 Å². The minimum atomic E-state index is -0.0290. The molecule has 3 N–H and O–H groups in total. The maximum Gasteiger partial charge on any atom is 0.151 e. The van der Waals surface area contributed by atoms with E-state index in [4.69, 9.17) is 10.2 Å². The van der Waals surface area contributed by atoms with Gasteiger partial charge in [0.15, 0.2) is 5.76 Å². The molecule has 0 fully saturated rings. The molecule has 0 amide bonds. The SMILES string of the molecule is CCC(N)c1ncc(-c2ccco2)[nH]1. The van der Waals surface area contributed by atoms with Gasteiger partial charge >= 0.3 is 0 Å². The number of aromatic amines is 1. The van der Waals surface area contributed by atoms with E-state index in [1.165, 1.54) is 0 Å². The summed E-state index contributed by atoms with van der Waals surface area (Å²) in [4.78, 5) is 7.34. The number of H-pyrrole nitrogens is 1. The van der Waals surface area contributed by atoms with E-state index >= 15 is 0 Å². The number of hydrogen-bond donors (Lipinski definition) is 2. The van der Waals surface area contributed by atoms with Crippen molar-refractivity contribution < 1.29 is 4.42 Å². The molecule has 2 heterocycles. The first-order valence-electron chi connectivity index (χ1n) is 4.65. The molecule has 0 aliphatic heterocycles. The van der Waals surface area contributed by atoms with E-state index in [-0.39, 0.29) is 6.04 Å². The van der Waals surface area contributed by atoms with Crippen LogP contribution in [0.1, 0.15) is 25.2 Å². The fourth-order valence-corrected chi connectivity index (χ4v) is 1.28. The summed E-state index contributed by atoms with van der Waals surface area (Å²) in [6, 6.07) is 3.70. The molecule has 0 aliphatic carbocycles. The van der Waals surface area contributed by atoms with Gasteiger partial charge in [-0.05, 0) is 18.6 Å². The lowest BCUT2D eigenvalue weighted by atomic mass is 10.2. The lowest BCUT2D eigenvalue weighted by molar-refractivity contribution is 0.579. The average molecular weight is 191 g/mol. The van der Waals surface area contributed by atoms with Gasteiger partial charge in [-0.15, -0.1) is 0 Å². The highest BCUT2D eigenvalue weighted by atomic mass is 16.3.